The molecule has 0 aliphatic carbocycles. The topological polar surface area (TPSA) is 53.9 Å². The van der Waals surface area contributed by atoms with Crippen molar-refractivity contribution in [2.45, 2.75) is 6.54 Å². The number of thiazole rings is 1. The van der Waals surface area contributed by atoms with Crippen LogP contribution in [0.15, 0.2) is 67.0 Å². The first kappa shape index (κ1) is 15.5. The number of hydrogen-bond acceptors (Lipinski definition) is 6. The summed E-state index contributed by atoms with van der Waals surface area (Å²) in [7, 11) is 2.01. The summed E-state index contributed by atoms with van der Waals surface area (Å²) >= 11 is 1.72. The van der Waals surface area contributed by atoms with E-state index in [0.717, 1.165) is 27.8 Å². The molecule has 0 saturated heterocycles. The van der Waals surface area contributed by atoms with Crippen LogP contribution in [0.1, 0.15) is 5.01 Å². The summed E-state index contributed by atoms with van der Waals surface area (Å²) < 4.78 is 1.21. The number of fused-ring (bicyclic) bond motifs is 1. The molecule has 0 spiro atoms. The van der Waals surface area contributed by atoms with Crippen LogP contribution in [0.5, 0.6) is 0 Å². The Kier molecular flexibility index (Phi) is 4.26. The highest BCUT2D eigenvalue weighted by Gasteiger charge is 2.09. The van der Waals surface area contributed by atoms with Crippen molar-refractivity contribution in [2.24, 2.45) is 0 Å². The minimum absolute atomic E-state index is 0.709. The molecule has 2 aromatic carbocycles. The minimum atomic E-state index is 0.709. The van der Waals surface area contributed by atoms with Crippen molar-refractivity contribution in [3.05, 3.63) is 72.0 Å². The molecule has 0 radical (unpaired) electrons. The minimum Gasteiger partial charge on any atom is -0.353 e. The molecule has 2 heterocycles. The average molecular weight is 347 g/mol. The summed E-state index contributed by atoms with van der Waals surface area (Å²) in [6, 6.07) is 20.1. The van der Waals surface area contributed by atoms with Crippen LogP contribution in [0.4, 0.5) is 17.3 Å². The molecule has 5 nitrogen and oxygen atoms in total. The number of aromatic nitrogens is 3. The van der Waals surface area contributed by atoms with Crippen LogP contribution in [0, 0.1) is 0 Å². The summed E-state index contributed by atoms with van der Waals surface area (Å²) in [5.41, 5.74) is 2.05. The Bertz CT molecular complexity index is 950. The van der Waals surface area contributed by atoms with Crippen molar-refractivity contribution in [1.29, 1.82) is 0 Å². The van der Waals surface area contributed by atoms with Gasteiger partial charge in [0.1, 0.15) is 23.0 Å². The molecule has 0 amide bonds. The number of rotatable bonds is 5. The van der Waals surface area contributed by atoms with E-state index >= 15 is 0 Å². The number of nitrogens with one attached hydrogen (secondary N) is 1. The molecule has 0 atom stereocenters. The van der Waals surface area contributed by atoms with Gasteiger partial charge in [-0.1, -0.05) is 30.3 Å². The van der Waals surface area contributed by atoms with Crippen LogP contribution in [0.3, 0.4) is 0 Å². The molecule has 0 fully saturated rings. The second kappa shape index (κ2) is 6.86. The molecule has 6 heteroatoms. The third-order valence-corrected chi connectivity index (χ3v) is 4.82. The average Bonchev–Trinajstić information content (AvgIpc) is 3.05. The molecule has 124 valence electrons. The predicted octanol–water partition coefficient (Wildman–Crippen LogP) is 4.47. The lowest BCUT2D eigenvalue weighted by molar-refractivity contribution is 0.885. The Morgan fingerprint density at radius 1 is 1.00 bits per heavy atom. The first-order chi connectivity index (χ1) is 12.3. The summed E-state index contributed by atoms with van der Waals surface area (Å²) in [6.45, 7) is 0.709. The predicted molar refractivity (Wildman–Crippen MR) is 103 cm³/mol. The monoisotopic (exact) mass is 347 g/mol. The molecule has 25 heavy (non-hydrogen) atoms. The van der Waals surface area contributed by atoms with Gasteiger partial charge in [-0.3, -0.25) is 0 Å². The molecule has 4 rings (SSSR count). The lowest BCUT2D eigenvalue weighted by Gasteiger charge is -2.17. The van der Waals surface area contributed by atoms with Crippen molar-refractivity contribution < 1.29 is 0 Å². The second-order valence-corrected chi connectivity index (χ2v) is 6.80. The van der Waals surface area contributed by atoms with Gasteiger partial charge in [-0.05, 0) is 24.3 Å². The van der Waals surface area contributed by atoms with Crippen LogP contribution in [0.25, 0.3) is 10.2 Å². The highest BCUT2D eigenvalue weighted by Crippen LogP contribution is 2.24. The van der Waals surface area contributed by atoms with Gasteiger partial charge >= 0.3 is 0 Å². The van der Waals surface area contributed by atoms with E-state index in [2.05, 4.69) is 31.2 Å². The van der Waals surface area contributed by atoms with E-state index in [1.807, 2.05) is 61.6 Å². The van der Waals surface area contributed by atoms with Gasteiger partial charge in [0, 0.05) is 18.8 Å². The second-order valence-electron chi connectivity index (χ2n) is 5.68. The van der Waals surface area contributed by atoms with Gasteiger partial charge in [0.05, 0.1) is 16.8 Å². The van der Waals surface area contributed by atoms with E-state index in [-0.39, 0.29) is 0 Å². The third kappa shape index (κ3) is 3.59. The van der Waals surface area contributed by atoms with Crippen molar-refractivity contribution in [3.8, 4) is 0 Å². The smallest absolute Gasteiger partial charge is 0.135 e. The van der Waals surface area contributed by atoms with Gasteiger partial charge in [0.15, 0.2) is 0 Å². The van der Waals surface area contributed by atoms with E-state index in [1.54, 1.807) is 17.7 Å². The summed E-state index contributed by atoms with van der Waals surface area (Å²) in [6.07, 6.45) is 1.58. The maximum absolute atomic E-state index is 4.69. The van der Waals surface area contributed by atoms with Crippen LogP contribution in [-0.2, 0) is 6.54 Å². The fourth-order valence-corrected chi connectivity index (χ4v) is 3.59. The third-order valence-electron chi connectivity index (χ3n) is 3.80. The maximum atomic E-state index is 4.69. The molecule has 0 unspecified atom stereocenters. The summed E-state index contributed by atoms with van der Waals surface area (Å²) in [5.74, 6) is 1.63. The number of hydrogen-bond donors (Lipinski definition) is 1. The van der Waals surface area contributed by atoms with Crippen molar-refractivity contribution in [1.82, 2.24) is 15.0 Å². The van der Waals surface area contributed by atoms with Crippen molar-refractivity contribution >= 4 is 38.9 Å². The quantitative estimate of drug-likeness (QED) is 0.577. The molecular formula is C19H17N5S. The van der Waals surface area contributed by atoms with E-state index in [1.165, 1.54) is 4.70 Å². The molecule has 0 aliphatic heterocycles. The van der Waals surface area contributed by atoms with Gasteiger partial charge in [0.25, 0.3) is 0 Å². The van der Waals surface area contributed by atoms with Crippen molar-refractivity contribution in [2.75, 3.05) is 17.3 Å². The number of para-hydroxylation sites is 2. The molecule has 0 aliphatic rings. The summed E-state index contributed by atoms with van der Waals surface area (Å²) in [4.78, 5) is 15.4. The highest BCUT2D eigenvalue weighted by molar-refractivity contribution is 7.18. The fraction of sp³-hybridized carbons (Fsp3) is 0.105. The molecule has 0 saturated carbocycles. The zero-order valence-corrected chi connectivity index (χ0v) is 14.6. The number of benzene rings is 2. The van der Waals surface area contributed by atoms with Crippen LogP contribution >= 0.6 is 11.3 Å². The van der Waals surface area contributed by atoms with Gasteiger partial charge in [-0.2, -0.15) is 0 Å². The van der Waals surface area contributed by atoms with Crippen LogP contribution in [0.2, 0.25) is 0 Å². The molecule has 4 aromatic rings. The Morgan fingerprint density at radius 2 is 1.80 bits per heavy atom. The van der Waals surface area contributed by atoms with Gasteiger partial charge < -0.3 is 10.2 Å². The van der Waals surface area contributed by atoms with E-state index in [4.69, 9.17) is 0 Å². The van der Waals surface area contributed by atoms with Crippen LogP contribution in [-0.4, -0.2) is 22.0 Å². The van der Waals surface area contributed by atoms with Gasteiger partial charge in [-0.25, -0.2) is 15.0 Å². The standard InChI is InChI=1S/C19H17N5S/c1-24(12-19-23-15-9-5-6-10-16(15)25-19)18-11-17(20-13-21-18)22-14-7-3-2-4-8-14/h2-11,13H,12H2,1H3,(H,20,21,22). The Morgan fingerprint density at radius 3 is 2.64 bits per heavy atom. The van der Waals surface area contributed by atoms with E-state index in [9.17, 15) is 0 Å². The van der Waals surface area contributed by atoms with Crippen LogP contribution < -0.4 is 10.2 Å². The lowest BCUT2D eigenvalue weighted by Crippen LogP contribution is -2.17. The Hall–Kier alpha value is -2.99. The molecule has 1 N–H and O–H groups in total. The fourth-order valence-electron chi connectivity index (χ4n) is 2.56. The Balaban J connectivity index is 1.51. The van der Waals surface area contributed by atoms with Crippen molar-refractivity contribution in [3.63, 3.8) is 0 Å². The molecule has 0 bridgehead atoms. The zero-order chi connectivity index (χ0) is 17.1. The SMILES string of the molecule is CN(Cc1nc2ccccc2s1)c1cc(Nc2ccccc2)ncn1. The first-order valence-electron chi connectivity index (χ1n) is 7.98. The maximum Gasteiger partial charge on any atom is 0.135 e. The normalized spacial score (nSPS) is 10.8. The Labute approximate surface area is 150 Å². The number of anilines is 3. The van der Waals surface area contributed by atoms with Gasteiger partial charge in [-0.15, -0.1) is 11.3 Å². The lowest BCUT2D eigenvalue weighted by atomic mass is 10.3. The molecular weight excluding hydrogens is 330 g/mol. The van der Waals surface area contributed by atoms with E-state index < -0.39 is 0 Å². The first-order valence-corrected chi connectivity index (χ1v) is 8.79. The number of nitrogens with zero attached hydrogens (tertiary/aromatic N) is 4. The van der Waals surface area contributed by atoms with Gasteiger partial charge in [0.2, 0.25) is 0 Å². The highest BCUT2D eigenvalue weighted by atomic mass is 32.1. The zero-order valence-electron chi connectivity index (χ0n) is 13.8. The largest absolute Gasteiger partial charge is 0.353 e. The molecule has 2 aromatic heterocycles. The summed E-state index contributed by atoms with van der Waals surface area (Å²) in [5, 5.41) is 4.36. The van der Waals surface area contributed by atoms with E-state index in [0.29, 0.717) is 6.54 Å².